The quantitative estimate of drug-likeness (QED) is 0.134. The van der Waals surface area contributed by atoms with Gasteiger partial charge in [0, 0.05) is 66.6 Å². The Hall–Kier alpha value is -4.77. The van der Waals surface area contributed by atoms with Crippen molar-refractivity contribution < 1.29 is 19.1 Å². The van der Waals surface area contributed by atoms with Crippen LogP contribution >= 0.6 is 23.4 Å². The molecule has 63 heavy (non-hydrogen) atoms. The second-order valence-corrected chi connectivity index (χ2v) is 20.5. The highest BCUT2D eigenvalue weighted by Crippen LogP contribution is 2.55. The summed E-state index contributed by atoms with van der Waals surface area (Å²) in [5, 5.41) is 18.9. The van der Waals surface area contributed by atoms with Crippen LogP contribution < -0.4 is 26.8 Å². The largest absolute Gasteiger partial charge is 0.388 e. The topological polar surface area (TPSA) is 160 Å². The molecule has 3 N–H and O–H groups in total. The number of imide groups is 1. The number of fused-ring (bicyclic) bond motifs is 2. The lowest BCUT2D eigenvalue weighted by atomic mass is 9.63. The van der Waals surface area contributed by atoms with Gasteiger partial charge in [-0.15, -0.1) is 11.8 Å². The van der Waals surface area contributed by atoms with Gasteiger partial charge in [0.1, 0.15) is 22.2 Å². The zero-order valence-electron chi connectivity index (χ0n) is 35.7. The fraction of sp³-hybridized carbons (Fsp3) is 0.522. The van der Waals surface area contributed by atoms with Crippen LogP contribution in [-0.4, -0.2) is 89.1 Å². The maximum atomic E-state index is 16.2. The zero-order chi connectivity index (χ0) is 43.8. The van der Waals surface area contributed by atoms with Crippen molar-refractivity contribution >= 4 is 74.6 Å². The van der Waals surface area contributed by atoms with E-state index in [-0.39, 0.29) is 40.9 Å². The van der Waals surface area contributed by atoms with Gasteiger partial charge in [-0.1, -0.05) is 24.4 Å². The van der Waals surface area contributed by atoms with Crippen LogP contribution in [0.1, 0.15) is 94.7 Å². The summed E-state index contributed by atoms with van der Waals surface area (Å²) in [5.74, 6) is -1.02. The molecule has 3 saturated heterocycles. The molecule has 2 aromatic carbocycles. The molecule has 3 aromatic heterocycles. The number of aryl methyl sites for hydroxylation is 2. The van der Waals surface area contributed by atoms with E-state index in [9.17, 15) is 24.3 Å². The maximum Gasteiger partial charge on any atom is 0.329 e. The maximum absolute atomic E-state index is 16.2. The van der Waals surface area contributed by atoms with Crippen molar-refractivity contribution in [1.29, 1.82) is 0 Å². The molecule has 1 spiro atoms. The Balaban J connectivity index is 0.711. The Morgan fingerprint density at radius 3 is 2.43 bits per heavy atom. The number of piperidine rings is 3. The second kappa shape index (κ2) is 16.3. The fourth-order valence-electron chi connectivity index (χ4n) is 11.0. The van der Waals surface area contributed by atoms with Crippen LogP contribution in [0.4, 0.5) is 21.7 Å². The molecule has 10 rings (SSSR count). The third-order valence-electron chi connectivity index (χ3n) is 14.6. The number of anilines is 3. The van der Waals surface area contributed by atoms with E-state index in [1.807, 2.05) is 16.7 Å². The number of imidazole rings is 1. The van der Waals surface area contributed by atoms with E-state index >= 15 is 4.39 Å². The lowest BCUT2D eigenvalue weighted by Gasteiger charge is -2.53. The van der Waals surface area contributed by atoms with E-state index in [4.69, 9.17) is 16.6 Å². The number of carbonyl (C=O) groups is 2. The van der Waals surface area contributed by atoms with E-state index in [0.717, 1.165) is 68.3 Å². The summed E-state index contributed by atoms with van der Waals surface area (Å²) in [5.41, 5.74) is 2.22. The number of carbonyl (C=O) groups excluding carboxylic acids is 2. The summed E-state index contributed by atoms with van der Waals surface area (Å²) in [4.78, 5) is 65.6. The van der Waals surface area contributed by atoms with Gasteiger partial charge in [0.15, 0.2) is 5.82 Å². The third kappa shape index (κ3) is 7.84. The van der Waals surface area contributed by atoms with Crippen LogP contribution in [0.2, 0.25) is 5.02 Å². The first-order valence-corrected chi connectivity index (χ1v) is 23.6. The Morgan fingerprint density at radius 2 is 1.71 bits per heavy atom. The Labute approximate surface area is 373 Å². The number of nitrogens with one attached hydrogen (secondary N) is 2. The number of amides is 2. The lowest BCUT2D eigenvalue weighted by molar-refractivity contribution is -0.135. The number of benzene rings is 2. The first kappa shape index (κ1) is 42.2. The molecule has 5 aliphatic rings. The summed E-state index contributed by atoms with van der Waals surface area (Å²) in [6.07, 6.45) is 11.7. The van der Waals surface area contributed by atoms with Gasteiger partial charge >= 0.3 is 5.69 Å². The molecule has 2 amide bonds. The van der Waals surface area contributed by atoms with E-state index in [1.54, 1.807) is 29.0 Å². The molecular formula is C46H53ClFN9O5S. The molecule has 17 heteroatoms. The molecule has 1 atom stereocenters. The highest BCUT2D eigenvalue weighted by molar-refractivity contribution is 8.00. The van der Waals surface area contributed by atoms with Crippen LogP contribution in [0.3, 0.4) is 0 Å². The average molecular weight is 899 g/mol. The highest BCUT2D eigenvalue weighted by atomic mass is 35.5. The van der Waals surface area contributed by atoms with Gasteiger partial charge in [0.05, 0.1) is 16.8 Å². The zero-order valence-corrected chi connectivity index (χ0v) is 37.2. The molecule has 14 nitrogen and oxygen atoms in total. The summed E-state index contributed by atoms with van der Waals surface area (Å²) in [7, 11) is 1.50. The number of pyridine rings is 1. The van der Waals surface area contributed by atoms with Gasteiger partial charge in [-0.2, -0.15) is 4.98 Å². The van der Waals surface area contributed by atoms with Crippen molar-refractivity contribution in [2.24, 2.45) is 12.5 Å². The predicted octanol–water partition coefficient (Wildman–Crippen LogP) is 6.75. The molecule has 5 aromatic rings. The number of aliphatic hydroxyl groups is 1. The molecule has 332 valence electrons. The summed E-state index contributed by atoms with van der Waals surface area (Å²) >= 11 is 8.27. The van der Waals surface area contributed by atoms with Gasteiger partial charge < -0.3 is 20.2 Å². The molecule has 3 aliphatic heterocycles. The molecule has 0 bridgehead atoms. The van der Waals surface area contributed by atoms with Crippen LogP contribution in [0.15, 0.2) is 57.1 Å². The molecule has 2 aliphatic carbocycles. The predicted molar refractivity (Wildman–Crippen MR) is 243 cm³/mol. The minimum atomic E-state index is -0.882. The SMILES string of the molecule is Cc1cc(SC2CC3(CCN(CC4(O)CCN(c5ccc6c(c5F)n(C)c(=O)n6C5CCC(=O)NC5=O)CC4)CC3)C2)ccc1Nc1ncc2cc(Cl)c(=O)n(C3CCCC3)c2n1. The minimum Gasteiger partial charge on any atom is -0.388 e. The van der Waals surface area contributed by atoms with Crippen molar-refractivity contribution in [2.45, 2.75) is 112 Å². The Morgan fingerprint density at radius 1 is 0.968 bits per heavy atom. The summed E-state index contributed by atoms with van der Waals surface area (Å²) < 4.78 is 20.5. The molecular weight excluding hydrogens is 845 g/mol. The molecule has 0 radical (unpaired) electrons. The van der Waals surface area contributed by atoms with E-state index in [0.29, 0.717) is 65.9 Å². The van der Waals surface area contributed by atoms with Crippen LogP contribution in [-0.2, 0) is 16.6 Å². The highest BCUT2D eigenvalue weighted by Gasteiger charge is 2.47. The number of thioether (sulfide) groups is 1. The number of aromatic nitrogens is 5. The minimum absolute atomic E-state index is 0.0997. The van der Waals surface area contributed by atoms with Crippen molar-refractivity contribution in [3.05, 3.63) is 79.8 Å². The number of hydrogen-bond donors (Lipinski definition) is 3. The second-order valence-electron chi connectivity index (χ2n) is 18.8. The number of nitrogens with zero attached hydrogens (tertiary/aromatic N) is 7. The van der Waals surface area contributed by atoms with Crippen LogP contribution in [0.25, 0.3) is 22.1 Å². The van der Waals surface area contributed by atoms with Crippen LogP contribution in [0.5, 0.6) is 0 Å². The van der Waals surface area contributed by atoms with Crippen molar-refractivity contribution in [1.82, 2.24) is 33.9 Å². The van der Waals surface area contributed by atoms with Crippen molar-refractivity contribution in [3.8, 4) is 0 Å². The Kier molecular flexibility index (Phi) is 10.9. The number of likely N-dealkylation sites (tertiary alicyclic amines) is 1. The van der Waals surface area contributed by atoms with E-state index in [2.05, 4.69) is 45.6 Å². The van der Waals surface area contributed by atoms with Crippen molar-refractivity contribution in [3.63, 3.8) is 0 Å². The van der Waals surface area contributed by atoms with Gasteiger partial charge in [-0.05, 0) is 125 Å². The van der Waals surface area contributed by atoms with Gasteiger partial charge in [0.2, 0.25) is 17.8 Å². The number of halogens is 2. The molecule has 1 unspecified atom stereocenters. The average Bonchev–Trinajstić information content (AvgIpc) is 3.86. The monoisotopic (exact) mass is 897 g/mol. The van der Waals surface area contributed by atoms with Gasteiger partial charge in [0.25, 0.3) is 5.56 Å². The fourth-order valence-corrected chi connectivity index (χ4v) is 12.9. The lowest BCUT2D eigenvalue weighted by Crippen LogP contribution is -2.55. The van der Waals surface area contributed by atoms with Crippen molar-refractivity contribution in [2.75, 3.05) is 42.9 Å². The summed E-state index contributed by atoms with van der Waals surface area (Å²) in [6, 6.07) is 10.7. The first-order valence-electron chi connectivity index (χ1n) is 22.3. The van der Waals surface area contributed by atoms with E-state index < -0.39 is 29.1 Å². The number of rotatable bonds is 9. The smallest absolute Gasteiger partial charge is 0.329 e. The number of hydrogen-bond acceptors (Lipinski definition) is 11. The van der Waals surface area contributed by atoms with E-state index in [1.165, 1.54) is 33.9 Å². The molecule has 2 saturated carbocycles. The molecule has 5 fully saturated rings. The third-order valence-corrected chi connectivity index (χ3v) is 16.1. The Bertz CT molecular complexity index is 2760. The number of β-amino-alcohol motifs (C(OH)–C–C–N with tert-alkyl or cyclic N) is 1. The van der Waals surface area contributed by atoms with Gasteiger partial charge in [-0.25, -0.2) is 14.2 Å². The van der Waals surface area contributed by atoms with Crippen LogP contribution in [0, 0.1) is 18.2 Å². The first-order chi connectivity index (χ1) is 30.3. The standard InChI is InChI=1S/C46H53ClFN9O5S/c1-27-21-30(7-8-33(27)50-43-49-25-28-22-32(47)42(60)56(40(28)52-43)29-5-3-4-6-29)63-31-23-45(24-31)13-17-54(18-14-45)26-46(62)15-19-55(20-16-46)34-9-10-35-39(38(34)48)53(2)44(61)57(35)36-11-12-37(58)51-41(36)59/h7-10,21-22,25,29,31,36,62H,3-6,11-20,23-24,26H2,1-2H3,(H,49,50,52)(H,51,58,59). The molecule has 6 heterocycles. The van der Waals surface area contributed by atoms with Gasteiger partial charge in [-0.3, -0.25) is 33.4 Å². The summed E-state index contributed by atoms with van der Waals surface area (Å²) in [6.45, 7) is 5.54. The normalized spacial score (nSPS) is 22.0.